The molecule has 0 spiro atoms. The Morgan fingerprint density at radius 1 is 1.32 bits per heavy atom. The summed E-state index contributed by atoms with van der Waals surface area (Å²) in [7, 11) is 1.61. The molecule has 1 heterocycles. The van der Waals surface area contributed by atoms with E-state index in [9.17, 15) is 9.59 Å². The molecule has 0 bridgehead atoms. The zero-order valence-corrected chi connectivity index (χ0v) is 15.7. The number of carbonyl (C=O) groups excluding carboxylic acids is 1. The average molecular weight is 377 g/mol. The number of amides is 1. The lowest BCUT2D eigenvalue weighted by molar-refractivity contribution is -0.115. The van der Waals surface area contributed by atoms with Gasteiger partial charge in [-0.05, 0) is 54.8 Å². The molecule has 3 rings (SSSR count). The Bertz CT molecular complexity index is 1020. The standard InChI is InChI=1S/C22H23N3O3/c1-28-18-8-4-6-16(14-18)15-25-13-5-7-17(22(25)27)11-12-21(26)24-20-10-3-2-9-19(20)23/h3-8,10-14H,2,9,15,23H2,1H3,(H,24,26)/b12-11+. The van der Waals surface area contributed by atoms with Crippen LogP contribution in [-0.2, 0) is 11.3 Å². The first-order valence-electron chi connectivity index (χ1n) is 9.03. The summed E-state index contributed by atoms with van der Waals surface area (Å²) >= 11 is 0. The van der Waals surface area contributed by atoms with E-state index < -0.39 is 0 Å². The quantitative estimate of drug-likeness (QED) is 0.758. The average Bonchev–Trinajstić information content (AvgIpc) is 2.70. The third-order valence-corrected chi connectivity index (χ3v) is 4.42. The molecule has 1 amide bonds. The minimum atomic E-state index is -0.327. The van der Waals surface area contributed by atoms with E-state index in [-0.39, 0.29) is 11.5 Å². The molecule has 0 aliphatic heterocycles. The lowest BCUT2D eigenvalue weighted by atomic mass is 10.1. The smallest absolute Gasteiger partial charge is 0.258 e. The topological polar surface area (TPSA) is 86.3 Å². The van der Waals surface area contributed by atoms with E-state index in [0.29, 0.717) is 23.5 Å². The van der Waals surface area contributed by atoms with Crippen LogP contribution in [0.3, 0.4) is 0 Å². The van der Waals surface area contributed by atoms with Crippen LogP contribution in [0.1, 0.15) is 24.0 Å². The number of hydrogen-bond donors (Lipinski definition) is 2. The SMILES string of the molecule is COc1cccc(Cn2cccc(/C=C/C(=O)NC3=C(N)CCC=C3)c2=O)c1. The maximum Gasteiger partial charge on any atom is 0.258 e. The Kier molecular flexibility index (Phi) is 6.11. The largest absolute Gasteiger partial charge is 0.497 e. The number of nitrogens with two attached hydrogens (primary N) is 1. The molecule has 0 unspecified atom stereocenters. The minimum Gasteiger partial charge on any atom is -0.497 e. The number of carbonyl (C=O) groups is 1. The van der Waals surface area contributed by atoms with Gasteiger partial charge in [-0.3, -0.25) is 9.59 Å². The van der Waals surface area contributed by atoms with Gasteiger partial charge in [0.05, 0.1) is 19.4 Å². The first kappa shape index (κ1) is 19.2. The Morgan fingerprint density at radius 3 is 2.96 bits per heavy atom. The van der Waals surface area contributed by atoms with Gasteiger partial charge in [0, 0.05) is 23.5 Å². The summed E-state index contributed by atoms with van der Waals surface area (Å²) in [5.74, 6) is 0.413. The van der Waals surface area contributed by atoms with Crippen LogP contribution in [0.25, 0.3) is 6.08 Å². The van der Waals surface area contributed by atoms with Gasteiger partial charge in [0.15, 0.2) is 0 Å². The van der Waals surface area contributed by atoms with Crippen molar-refractivity contribution in [2.75, 3.05) is 7.11 Å². The van der Waals surface area contributed by atoms with Crippen molar-refractivity contribution in [2.24, 2.45) is 5.73 Å². The number of nitrogens with one attached hydrogen (secondary N) is 1. The van der Waals surface area contributed by atoms with Crippen molar-refractivity contribution in [1.29, 1.82) is 0 Å². The zero-order chi connectivity index (χ0) is 19.9. The summed E-state index contributed by atoms with van der Waals surface area (Å²) in [5.41, 5.74) is 8.38. The maximum atomic E-state index is 12.7. The number of rotatable bonds is 6. The van der Waals surface area contributed by atoms with Gasteiger partial charge in [0.2, 0.25) is 5.91 Å². The fourth-order valence-electron chi connectivity index (χ4n) is 2.92. The normalized spacial score (nSPS) is 13.8. The molecular formula is C22H23N3O3. The van der Waals surface area contributed by atoms with Gasteiger partial charge < -0.3 is 20.4 Å². The van der Waals surface area contributed by atoms with Gasteiger partial charge in [0.25, 0.3) is 5.56 Å². The zero-order valence-electron chi connectivity index (χ0n) is 15.7. The molecule has 1 aromatic carbocycles. The number of ether oxygens (including phenoxy) is 1. The highest BCUT2D eigenvalue weighted by atomic mass is 16.5. The fraction of sp³-hybridized carbons (Fsp3) is 0.182. The molecule has 0 fully saturated rings. The van der Waals surface area contributed by atoms with Crippen molar-refractivity contribution < 1.29 is 9.53 Å². The summed E-state index contributed by atoms with van der Waals surface area (Å²) in [5, 5.41) is 2.74. The number of nitrogens with zero attached hydrogens (tertiary/aromatic N) is 1. The Hall–Kier alpha value is -3.54. The van der Waals surface area contributed by atoms with Crippen LogP contribution in [0.15, 0.2) is 77.0 Å². The monoisotopic (exact) mass is 377 g/mol. The second-order valence-electron chi connectivity index (χ2n) is 6.45. The van der Waals surface area contributed by atoms with E-state index in [0.717, 1.165) is 24.2 Å². The summed E-state index contributed by atoms with van der Waals surface area (Å²) in [6, 6.07) is 11.0. The summed E-state index contributed by atoms with van der Waals surface area (Å²) in [4.78, 5) is 24.8. The van der Waals surface area contributed by atoms with E-state index in [1.165, 1.54) is 12.2 Å². The third-order valence-electron chi connectivity index (χ3n) is 4.42. The molecule has 1 aliphatic rings. The first-order valence-corrected chi connectivity index (χ1v) is 9.03. The molecule has 0 radical (unpaired) electrons. The number of hydrogen-bond acceptors (Lipinski definition) is 4. The van der Waals surface area contributed by atoms with Crippen molar-refractivity contribution in [2.45, 2.75) is 19.4 Å². The van der Waals surface area contributed by atoms with Crippen molar-refractivity contribution in [1.82, 2.24) is 9.88 Å². The Balaban J connectivity index is 1.73. The third kappa shape index (κ3) is 4.79. The molecule has 6 heteroatoms. The lowest BCUT2D eigenvalue weighted by Gasteiger charge is -2.12. The molecule has 0 saturated heterocycles. The number of aromatic nitrogens is 1. The number of allylic oxidation sites excluding steroid dienone is 3. The van der Waals surface area contributed by atoms with Gasteiger partial charge >= 0.3 is 0 Å². The molecule has 6 nitrogen and oxygen atoms in total. The highest BCUT2D eigenvalue weighted by Gasteiger charge is 2.08. The van der Waals surface area contributed by atoms with E-state index in [1.807, 2.05) is 30.3 Å². The van der Waals surface area contributed by atoms with Crippen molar-refractivity contribution in [3.05, 3.63) is 93.7 Å². The molecule has 1 aromatic heterocycles. The van der Waals surface area contributed by atoms with Crippen LogP contribution in [0.4, 0.5) is 0 Å². The second kappa shape index (κ2) is 8.90. The molecule has 2 aromatic rings. The van der Waals surface area contributed by atoms with Crippen LogP contribution in [-0.4, -0.2) is 17.6 Å². The Labute approximate surface area is 163 Å². The maximum absolute atomic E-state index is 12.7. The molecule has 1 aliphatic carbocycles. The van der Waals surface area contributed by atoms with E-state index in [4.69, 9.17) is 10.5 Å². The summed E-state index contributed by atoms with van der Waals surface area (Å²) < 4.78 is 6.81. The van der Waals surface area contributed by atoms with Gasteiger partial charge in [-0.2, -0.15) is 0 Å². The molecule has 28 heavy (non-hydrogen) atoms. The molecule has 144 valence electrons. The van der Waals surface area contributed by atoms with Crippen LogP contribution in [0.5, 0.6) is 5.75 Å². The van der Waals surface area contributed by atoms with Crippen molar-refractivity contribution >= 4 is 12.0 Å². The van der Waals surface area contributed by atoms with E-state index >= 15 is 0 Å². The number of benzene rings is 1. The molecular weight excluding hydrogens is 354 g/mol. The highest BCUT2D eigenvalue weighted by Crippen LogP contribution is 2.14. The van der Waals surface area contributed by atoms with E-state index in [1.54, 1.807) is 36.1 Å². The molecule has 0 saturated carbocycles. The molecule has 0 atom stereocenters. The fourth-order valence-corrected chi connectivity index (χ4v) is 2.92. The van der Waals surface area contributed by atoms with Crippen LogP contribution < -0.4 is 21.3 Å². The van der Waals surface area contributed by atoms with Gasteiger partial charge in [-0.1, -0.05) is 18.2 Å². The van der Waals surface area contributed by atoms with Crippen molar-refractivity contribution in [3.8, 4) is 5.75 Å². The number of pyridine rings is 1. The lowest BCUT2D eigenvalue weighted by Crippen LogP contribution is -2.24. The van der Waals surface area contributed by atoms with Crippen molar-refractivity contribution in [3.63, 3.8) is 0 Å². The predicted octanol–water partition coefficient (Wildman–Crippen LogP) is 2.55. The minimum absolute atomic E-state index is 0.175. The second-order valence-corrected chi connectivity index (χ2v) is 6.45. The van der Waals surface area contributed by atoms with Crippen LogP contribution >= 0.6 is 0 Å². The van der Waals surface area contributed by atoms with Crippen LogP contribution in [0.2, 0.25) is 0 Å². The molecule has 3 N–H and O–H groups in total. The summed E-state index contributed by atoms with van der Waals surface area (Å²) in [6.07, 6.45) is 9.94. The van der Waals surface area contributed by atoms with Gasteiger partial charge in [-0.15, -0.1) is 0 Å². The predicted molar refractivity (Wildman–Crippen MR) is 110 cm³/mol. The Morgan fingerprint density at radius 2 is 2.18 bits per heavy atom. The first-order chi connectivity index (χ1) is 13.6. The summed E-state index contributed by atoms with van der Waals surface area (Å²) in [6.45, 7) is 0.415. The van der Waals surface area contributed by atoms with Gasteiger partial charge in [-0.25, -0.2) is 0 Å². The highest BCUT2D eigenvalue weighted by molar-refractivity contribution is 5.93. The van der Waals surface area contributed by atoms with Gasteiger partial charge in [0.1, 0.15) is 5.75 Å². The van der Waals surface area contributed by atoms with Crippen LogP contribution in [0, 0.1) is 0 Å². The van der Waals surface area contributed by atoms with E-state index in [2.05, 4.69) is 5.32 Å². The number of methoxy groups -OCH3 is 1.